The highest BCUT2D eigenvalue weighted by Gasteiger charge is 2.23. The van der Waals surface area contributed by atoms with Crippen LogP contribution in [0.2, 0.25) is 0 Å². The van der Waals surface area contributed by atoms with Crippen molar-refractivity contribution in [2.45, 2.75) is 0 Å². The number of benzene rings is 1. The molecule has 5 rings (SSSR count). The number of hydrogen-bond acceptors (Lipinski definition) is 6. The van der Waals surface area contributed by atoms with Crippen molar-refractivity contribution in [3.63, 3.8) is 0 Å². The average Bonchev–Trinajstić information content (AvgIpc) is 3.23. The fraction of sp³-hybridized carbons (Fsp3) is 0.273. The highest BCUT2D eigenvalue weighted by Crippen LogP contribution is 2.35. The first-order chi connectivity index (χ1) is 14.7. The van der Waals surface area contributed by atoms with Crippen LogP contribution >= 0.6 is 0 Å². The van der Waals surface area contributed by atoms with Gasteiger partial charge in [-0.25, -0.2) is 8.91 Å². The standard InChI is InChI=1S/C22H23FN6O/c1-30-21-6-5-16(27-10-7-24-8-11-27)12-20(21)28-14-18(23)22(25-15-28)17-13-26-29-9-3-2-4-19(17)29/h2-6,9,12-14,24H,7-8,10-11,15H2,1H3. The SMILES string of the molecule is COc1ccc(N2CCNCC2)cc1N1C=C(F)C(c2cnn3ccccc23)=NC1. The Morgan fingerprint density at radius 3 is 2.80 bits per heavy atom. The van der Waals surface area contributed by atoms with Crippen LogP contribution in [0.4, 0.5) is 15.8 Å². The summed E-state index contributed by atoms with van der Waals surface area (Å²) in [5.41, 5.74) is 3.73. The summed E-state index contributed by atoms with van der Waals surface area (Å²) in [6.45, 7) is 4.08. The third-order valence-electron chi connectivity index (χ3n) is 5.51. The van der Waals surface area contributed by atoms with E-state index in [4.69, 9.17) is 4.74 Å². The van der Waals surface area contributed by atoms with Gasteiger partial charge in [-0.05, 0) is 30.3 Å². The number of methoxy groups -OCH3 is 1. The molecule has 1 saturated heterocycles. The molecule has 4 heterocycles. The Balaban J connectivity index is 1.46. The van der Waals surface area contributed by atoms with E-state index >= 15 is 4.39 Å². The summed E-state index contributed by atoms with van der Waals surface area (Å²) in [6, 6.07) is 11.7. The predicted molar refractivity (Wildman–Crippen MR) is 116 cm³/mol. The first-order valence-corrected chi connectivity index (χ1v) is 10.00. The van der Waals surface area contributed by atoms with Crippen molar-refractivity contribution >= 4 is 22.6 Å². The highest BCUT2D eigenvalue weighted by molar-refractivity contribution is 6.15. The van der Waals surface area contributed by atoms with Crippen LogP contribution in [0, 0.1) is 0 Å². The number of hydrogen-bond donors (Lipinski definition) is 1. The van der Waals surface area contributed by atoms with E-state index in [-0.39, 0.29) is 0 Å². The van der Waals surface area contributed by atoms with Crippen LogP contribution in [0.1, 0.15) is 5.56 Å². The number of aliphatic imine (C=N–C) groups is 1. The lowest BCUT2D eigenvalue weighted by molar-refractivity contribution is 0.415. The minimum atomic E-state index is -0.394. The number of aromatic nitrogens is 2. The number of piperazine rings is 1. The third kappa shape index (κ3) is 3.29. The summed E-state index contributed by atoms with van der Waals surface area (Å²) >= 11 is 0. The van der Waals surface area contributed by atoms with E-state index < -0.39 is 5.83 Å². The molecular formula is C22H23FN6O. The first kappa shape index (κ1) is 18.6. The molecule has 0 aliphatic carbocycles. The maximum Gasteiger partial charge on any atom is 0.165 e. The van der Waals surface area contributed by atoms with Crippen LogP contribution in [0.15, 0.2) is 65.8 Å². The summed E-state index contributed by atoms with van der Waals surface area (Å²) in [7, 11) is 1.63. The smallest absolute Gasteiger partial charge is 0.165 e. The molecule has 1 aromatic carbocycles. The molecule has 0 radical (unpaired) electrons. The van der Waals surface area contributed by atoms with Gasteiger partial charge in [0.15, 0.2) is 5.83 Å². The van der Waals surface area contributed by atoms with Gasteiger partial charge in [-0.2, -0.15) is 5.10 Å². The Morgan fingerprint density at radius 2 is 2.00 bits per heavy atom. The lowest BCUT2D eigenvalue weighted by Crippen LogP contribution is -2.43. The van der Waals surface area contributed by atoms with Crippen molar-refractivity contribution in [1.29, 1.82) is 0 Å². The lowest BCUT2D eigenvalue weighted by atomic mass is 10.1. The number of nitrogens with one attached hydrogen (secondary N) is 1. The molecule has 30 heavy (non-hydrogen) atoms. The van der Waals surface area contributed by atoms with Crippen molar-refractivity contribution < 1.29 is 9.13 Å². The van der Waals surface area contributed by atoms with Crippen molar-refractivity contribution in [2.75, 3.05) is 49.8 Å². The number of rotatable bonds is 4. The molecule has 154 valence electrons. The number of anilines is 2. The summed E-state index contributed by atoms with van der Waals surface area (Å²) in [5, 5.41) is 7.66. The van der Waals surface area contributed by atoms with Gasteiger partial charge in [0.05, 0.1) is 24.5 Å². The molecule has 0 saturated carbocycles. The Kier molecular flexibility index (Phi) is 4.84. The third-order valence-corrected chi connectivity index (χ3v) is 5.51. The van der Waals surface area contributed by atoms with Crippen molar-refractivity contribution in [3.8, 4) is 5.75 Å². The molecule has 2 aromatic heterocycles. The van der Waals surface area contributed by atoms with Crippen molar-refractivity contribution in [2.24, 2.45) is 4.99 Å². The van der Waals surface area contributed by atoms with Gasteiger partial charge in [-0.3, -0.25) is 4.99 Å². The number of allylic oxidation sites excluding steroid dienone is 1. The maximum atomic E-state index is 15.2. The van der Waals surface area contributed by atoms with E-state index in [0.29, 0.717) is 23.7 Å². The molecule has 0 spiro atoms. The van der Waals surface area contributed by atoms with Crippen molar-refractivity contribution in [3.05, 3.63) is 66.4 Å². The van der Waals surface area contributed by atoms with Gasteiger partial charge in [-0.15, -0.1) is 0 Å². The van der Waals surface area contributed by atoms with Crippen LogP contribution in [0.25, 0.3) is 5.52 Å². The Labute approximate surface area is 174 Å². The second-order valence-electron chi connectivity index (χ2n) is 7.28. The molecule has 0 amide bonds. The summed E-state index contributed by atoms with van der Waals surface area (Å²) in [6.07, 6.45) is 4.99. The van der Waals surface area contributed by atoms with Gasteiger partial charge in [0.1, 0.15) is 18.1 Å². The van der Waals surface area contributed by atoms with Gasteiger partial charge < -0.3 is 19.9 Å². The van der Waals surface area contributed by atoms with Crippen LogP contribution in [0.5, 0.6) is 5.75 Å². The van der Waals surface area contributed by atoms with E-state index in [9.17, 15) is 0 Å². The minimum absolute atomic E-state index is 0.300. The minimum Gasteiger partial charge on any atom is -0.495 e. The van der Waals surface area contributed by atoms with Gasteiger partial charge in [0.2, 0.25) is 0 Å². The molecule has 0 unspecified atom stereocenters. The fourth-order valence-corrected chi connectivity index (χ4v) is 3.96. The molecule has 0 bridgehead atoms. The zero-order chi connectivity index (χ0) is 20.5. The molecule has 3 aromatic rings. The molecule has 1 N–H and O–H groups in total. The Morgan fingerprint density at radius 1 is 1.13 bits per heavy atom. The number of ether oxygens (including phenoxy) is 1. The number of pyridine rings is 1. The molecule has 7 nitrogen and oxygen atoms in total. The van der Waals surface area contributed by atoms with E-state index in [1.54, 1.807) is 22.7 Å². The predicted octanol–water partition coefficient (Wildman–Crippen LogP) is 2.83. The maximum absolute atomic E-state index is 15.2. The van der Waals surface area contributed by atoms with Gasteiger partial charge in [0, 0.05) is 49.8 Å². The van der Waals surface area contributed by atoms with Crippen LogP contribution < -0.4 is 19.9 Å². The zero-order valence-electron chi connectivity index (χ0n) is 16.8. The largest absolute Gasteiger partial charge is 0.495 e. The average molecular weight is 406 g/mol. The van der Waals surface area contributed by atoms with Gasteiger partial charge in [0.25, 0.3) is 0 Å². The quantitative estimate of drug-likeness (QED) is 0.722. The van der Waals surface area contributed by atoms with E-state index in [1.807, 2.05) is 42.6 Å². The second-order valence-corrected chi connectivity index (χ2v) is 7.28. The first-order valence-electron chi connectivity index (χ1n) is 10.00. The summed E-state index contributed by atoms with van der Waals surface area (Å²) in [5.74, 6) is 0.294. The Hall–Kier alpha value is -3.39. The molecule has 1 fully saturated rings. The van der Waals surface area contributed by atoms with Crippen LogP contribution in [-0.4, -0.2) is 55.3 Å². The van der Waals surface area contributed by atoms with Crippen LogP contribution in [0.3, 0.4) is 0 Å². The summed E-state index contributed by atoms with van der Waals surface area (Å²) < 4.78 is 22.4. The lowest BCUT2D eigenvalue weighted by Gasteiger charge is -2.31. The number of nitrogens with zero attached hydrogens (tertiary/aromatic N) is 5. The molecule has 2 aliphatic heterocycles. The van der Waals surface area contributed by atoms with E-state index in [0.717, 1.165) is 43.1 Å². The Bertz CT molecular complexity index is 1130. The topological polar surface area (TPSA) is 57.4 Å². The normalized spacial score (nSPS) is 17.1. The molecule has 0 atom stereocenters. The molecular weight excluding hydrogens is 383 g/mol. The number of fused-ring (bicyclic) bond motifs is 1. The molecule has 8 heteroatoms. The van der Waals surface area contributed by atoms with E-state index in [2.05, 4.69) is 20.3 Å². The van der Waals surface area contributed by atoms with Crippen molar-refractivity contribution in [1.82, 2.24) is 14.9 Å². The van der Waals surface area contributed by atoms with Gasteiger partial charge >= 0.3 is 0 Å². The van der Waals surface area contributed by atoms with Gasteiger partial charge in [-0.1, -0.05) is 6.07 Å². The zero-order valence-corrected chi connectivity index (χ0v) is 16.8. The second kappa shape index (κ2) is 7.79. The molecule has 2 aliphatic rings. The number of halogens is 1. The monoisotopic (exact) mass is 406 g/mol. The van der Waals surface area contributed by atoms with Crippen LogP contribution in [-0.2, 0) is 0 Å². The highest BCUT2D eigenvalue weighted by atomic mass is 19.1. The summed E-state index contributed by atoms with van der Waals surface area (Å²) in [4.78, 5) is 8.65. The van der Waals surface area contributed by atoms with E-state index in [1.165, 1.54) is 6.20 Å². The fourth-order valence-electron chi connectivity index (χ4n) is 3.96.